The minimum atomic E-state index is -2.67. The quantitative estimate of drug-likeness (QED) is 0.492. The van der Waals surface area contributed by atoms with Gasteiger partial charge in [0.05, 0.1) is 18.1 Å². The molecule has 4 heterocycles. The Morgan fingerprint density at radius 2 is 1.76 bits per heavy atom. The van der Waals surface area contributed by atoms with E-state index in [4.69, 9.17) is 10.5 Å². The van der Waals surface area contributed by atoms with Crippen LogP contribution in [0.3, 0.4) is 0 Å². The van der Waals surface area contributed by atoms with Crippen molar-refractivity contribution in [3.05, 3.63) is 61.1 Å². The van der Waals surface area contributed by atoms with E-state index >= 15 is 0 Å². The maximum atomic E-state index is 12.8. The first-order chi connectivity index (χ1) is 16.0. The Morgan fingerprint density at radius 1 is 1.03 bits per heavy atom. The molecule has 0 aliphatic carbocycles. The number of halogens is 2. The number of pyridine rings is 1. The summed E-state index contributed by atoms with van der Waals surface area (Å²) in [6, 6.07) is 12.8. The lowest BCUT2D eigenvalue weighted by molar-refractivity contribution is 0.0566. The number of aromatic nitrogens is 4. The molecule has 4 aromatic rings. The zero-order chi connectivity index (χ0) is 22.9. The number of imidazole rings is 1. The maximum Gasteiger partial charge on any atom is 0.333 e. The van der Waals surface area contributed by atoms with Gasteiger partial charge in [0.15, 0.2) is 5.88 Å². The summed E-state index contributed by atoms with van der Waals surface area (Å²) in [5.41, 5.74) is 9.28. The number of amides is 2. The molecule has 170 valence electrons. The number of rotatable bonds is 5. The van der Waals surface area contributed by atoms with Crippen molar-refractivity contribution in [3.8, 4) is 28.3 Å². The number of primary amides is 1. The van der Waals surface area contributed by atoms with E-state index in [0.717, 1.165) is 22.5 Å². The standard InChI is InChI=1S/C23H22F2N6O2/c24-22(25)30-14-17(12-28-30)15-4-6-16(7-5-15)19-13-27-20-2-1-3-21(31(19)20)33-18-8-10-29(11-9-18)23(26)32/h1-7,12-14,18,22H,8-11H2,(H2,26,32). The van der Waals surface area contributed by atoms with Gasteiger partial charge in [-0.15, -0.1) is 0 Å². The number of nitrogens with zero attached hydrogens (tertiary/aromatic N) is 5. The third-order valence-electron chi connectivity index (χ3n) is 5.85. The molecule has 3 aromatic heterocycles. The lowest BCUT2D eigenvalue weighted by Crippen LogP contribution is -2.44. The number of likely N-dealkylation sites (tertiary alicyclic amines) is 1. The van der Waals surface area contributed by atoms with Gasteiger partial charge in [-0.3, -0.25) is 4.40 Å². The monoisotopic (exact) mass is 452 g/mol. The highest BCUT2D eigenvalue weighted by Crippen LogP contribution is 2.30. The third-order valence-corrected chi connectivity index (χ3v) is 5.85. The molecule has 1 aromatic carbocycles. The molecule has 33 heavy (non-hydrogen) atoms. The highest BCUT2D eigenvalue weighted by atomic mass is 19.3. The smallest absolute Gasteiger partial charge is 0.333 e. The number of carbonyl (C=O) groups is 1. The molecule has 0 bridgehead atoms. The number of carbonyl (C=O) groups excluding carboxylic acids is 1. The van der Waals surface area contributed by atoms with Crippen LogP contribution in [0.5, 0.6) is 5.88 Å². The lowest BCUT2D eigenvalue weighted by atomic mass is 10.1. The van der Waals surface area contributed by atoms with Crippen molar-refractivity contribution in [2.24, 2.45) is 5.73 Å². The van der Waals surface area contributed by atoms with Crippen LogP contribution in [0, 0.1) is 0 Å². The second kappa shape index (κ2) is 8.53. The Kier molecular flexibility index (Phi) is 5.41. The van der Waals surface area contributed by atoms with Gasteiger partial charge in [0.1, 0.15) is 11.8 Å². The fraction of sp³-hybridized carbons (Fsp3) is 0.261. The Labute approximate surface area is 188 Å². The molecule has 1 aliphatic rings. The minimum absolute atomic E-state index is 0.0322. The summed E-state index contributed by atoms with van der Waals surface area (Å²) in [5.74, 6) is 0.666. The zero-order valence-electron chi connectivity index (χ0n) is 17.6. The fourth-order valence-electron chi connectivity index (χ4n) is 4.09. The average Bonchev–Trinajstić information content (AvgIpc) is 3.48. The van der Waals surface area contributed by atoms with Gasteiger partial charge in [-0.1, -0.05) is 30.3 Å². The van der Waals surface area contributed by atoms with Crippen LogP contribution in [0.25, 0.3) is 28.0 Å². The summed E-state index contributed by atoms with van der Waals surface area (Å²) < 4.78 is 34.5. The number of hydrogen-bond acceptors (Lipinski definition) is 4. The van der Waals surface area contributed by atoms with E-state index < -0.39 is 12.6 Å². The molecule has 8 nitrogen and oxygen atoms in total. The number of benzene rings is 1. The second-order valence-corrected chi connectivity index (χ2v) is 7.91. The first-order valence-corrected chi connectivity index (χ1v) is 10.6. The Bertz CT molecular complexity index is 1280. The summed E-state index contributed by atoms with van der Waals surface area (Å²) >= 11 is 0. The number of alkyl halides is 2. The van der Waals surface area contributed by atoms with Crippen LogP contribution in [-0.2, 0) is 0 Å². The highest BCUT2D eigenvalue weighted by Gasteiger charge is 2.23. The molecule has 2 N–H and O–H groups in total. The van der Waals surface area contributed by atoms with Crippen LogP contribution in [0.2, 0.25) is 0 Å². The van der Waals surface area contributed by atoms with Gasteiger partial charge in [-0.05, 0) is 17.7 Å². The highest BCUT2D eigenvalue weighted by molar-refractivity contribution is 5.72. The summed E-state index contributed by atoms with van der Waals surface area (Å²) in [6.45, 7) is -1.54. The number of fused-ring (bicyclic) bond motifs is 1. The maximum absolute atomic E-state index is 12.8. The normalized spacial score (nSPS) is 14.8. The summed E-state index contributed by atoms with van der Waals surface area (Å²) in [7, 11) is 0. The average molecular weight is 452 g/mol. The summed E-state index contributed by atoms with van der Waals surface area (Å²) in [5, 5.41) is 3.69. The number of hydrogen-bond donors (Lipinski definition) is 1. The van der Waals surface area contributed by atoms with Crippen LogP contribution in [0.4, 0.5) is 13.6 Å². The second-order valence-electron chi connectivity index (χ2n) is 7.91. The van der Waals surface area contributed by atoms with Crippen molar-refractivity contribution < 1.29 is 18.3 Å². The third kappa shape index (κ3) is 4.11. The molecule has 0 saturated carbocycles. The predicted molar refractivity (Wildman–Crippen MR) is 118 cm³/mol. The van der Waals surface area contributed by atoms with Crippen molar-refractivity contribution in [3.63, 3.8) is 0 Å². The Hall–Kier alpha value is -3.95. The number of piperidine rings is 1. The topological polar surface area (TPSA) is 90.7 Å². The molecule has 5 rings (SSSR count). The van der Waals surface area contributed by atoms with E-state index in [2.05, 4.69) is 10.1 Å². The predicted octanol–water partition coefficient (Wildman–Crippen LogP) is 4.18. The van der Waals surface area contributed by atoms with Crippen molar-refractivity contribution >= 4 is 11.7 Å². The van der Waals surface area contributed by atoms with Crippen molar-refractivity contribution in [1.82, 2.24) is 24.1 Å². The van der Waals surface area contributed by atoms with Crippen LogP contribution in [0.1, 0.15) is 19.4 Å². The van der Waals surface area contributed by atoms with Crippen molar-refractivity contribution in [2.45, 2.75) is 25.5 Å². The molecule has 1 fully saturated rings. The number of nitrogens with two attached hydrogens (primary N) is 1. The lowest BCUT2D eigenvalue weighted by Gasteiger charge is -2.31. The van der Waals surface area contributed by atoms with E-state index in [0.29, 0.717) is 42.1 Å². The first kappa shape index (κ1) is 20.9. The van der Waals surface area contributed by atoms with E-state index in [-0.39, 0.29) is 6.10 Å². The van der Waals surface area contributed by atoms with Gasteiger partial charge in [-0.25, -0.2) is 14.5 Å². The molecular formula is C23H22F2N6O2. The number of urea groups is 1. The summed E-state index contributed by atoms with van der Waals surface area (Å²) in [4.78, 5) is 17.5. The molecular weight excluding hydrogens is 430 g/mol. The molecule has 1 aliphatic heterocycles. The molecule has 1 saturated heterocycles. The van der Waals surface area contributed by atoms with E-state index in [1.54, 1.807) is 11.1 Å². The van der Waals surface area contributed by atoms with E-state index in [9.17, 15) is 13.6 Å². The SMILES string of the molecule is NC(=O)N1CCC(Oc2cccc3ncc(-c4ccc(-c5cnn(C(F)F)c5)cc4)n23)CC1. The van der Waals surface area contributed by atoms with E-state index in [1.807, 2.05) is 46.9 Å². The van der Waals surface area contributed by atoms with E-state index in [1.165, 1.54) is 12.4 Å². The number of ether oxygens (including phenoxy) is 1. The molecule has 2 amide bonds. The van der Waals surface area contributed by atoms with Gasteiger partial charge in [-0.2, -0.15) is 13.9 Å². The fourth-order valence-corrected chi connectivity index (χ4v) is 4.09. The van der Waals surface area contributed by atoms with Crippen LogP contribution < -0.4 is 10.5 Å². The molecule has 0 spiro atoms. The van der Waals surface area contributed by atoms with Crippen LogP contribution >= 0.6 is 0 Å². The molecule has 0 unspecified atom stereocenters. The zero-order valence-corrected chi connectivity index (χ0v) is 17.6. The van der Waals surface area contributed by atoms with Crippen molar-refractivity contribution in [2.75, 3.05) is 13.1 Å². The Morgan fingerprint density at radius 3 is 2.42 bits per heavy atom. The van der Waals surface area contributed by atoms with Gasteiger partial charge in [0.2, 0.25) is 0 Å². The molecule has 0 atom stereocenters. The molecule has 10 heteroatoms. The largest absolute Gasteiger partial charge is 0.475 e. The Balaban J connectivity index is 1.40. The van der Waals surface area contributed by atoms with Gasteiger partial charge >= 0.3 is 12.6 Å². The summed E-state index contributed by atoms with van der Waals surface area (Å²) in [6.07, 6.45) is 5.89. The van der Waals surface area contributed by atoms with Gasteiger partial charge in [0.25, 0.3) is 0 Å². The molecule has 0 radical (unpaired) electrons. The van der Waals surface area contributed by atoms with Gasteiger partial charge in [0, 0.05) is 43.3 Å². The van der Waals surface area contributed by atoms with Crippen LogP contribution in [0.15, 0.2) is 61.1 Å². The van der Waals surface area contributed by atoms with Crippen molar-refractivity contribution in [1.29, 1.82) is 0 Å². The van der Waals surface area contributed by atoms with Crippen LogP contribution in [-0.4, -0.2) is 49.3 Å². The first-order valence-electron chi connectivity index (χ1n) is 10.6. The minimum Gasteiger partial charge on any atom is -0.475 e. The van der Waals surface area contributed by atoms with Gasteiger partial charge < -0.3 is 15.4 Å².